The Bertz CT molecular complexity index is 205. The van der Waals surface area contributed by atoms with Gasteiger partial charge in [-0.3, -0.25) is 4.79 Å². The summed E-state index contributed by atoms with van der Waals surface area (Å²) in [4.78, 5) is 11.5. The normalized spacial score (nSPS) is 28.0. The maximum absolute atomic E-state index is 11.5. The van der Waals surface area contributed by atoms with E-state index in [1.807, 2.05) is 0 Å². The van der Waals surface area contributed by atoms with E-state index in [1.54, 1.807) is 0 Å². The molecule has 1 aliphatic carbocycles. The molecular formula is C10H17NO2. The van der Waals surface area contributed by atoms with Crippen LogP contribution in [0.1, 0.15) is 32.1 Å². The molecule has 13 heavy (non-hydrogen) atoms. The maximum Gasteiger partial charge on any atom is 0.224 e. The van der Waals surface area contributed by atoms with Gasteiger partial charge in [-0.25, -0.2) is 0 Å². The van der Waals surface area contributed by atoms with Crippen LogP contribution in [0.2, 0.25) is 0 Å². The lowest BCUT2D eigenvalue weighted by Gasteiger charge is -2.45. The van der Waals surface area contributed by atoms with Crippen molar-refractivity contribution >= 4 is 5.91 Å². The van der Waals surface area contributed by atoms with Gasteiger partial charge in [-0.05, 0) is 12.8 Å². The second kappa shape index (κ2) is 3.29. The van der Waals surface area contributed by atoms with Crippen LogP contribution >= 0.6 is 0 Å². The number of hydrogen-bond donors (Lipinski definition) is 1. The molecule has 0 aromatic heterocycles. The SMILES string of the molecule is NC(=O)C1(C2COC2)CCCCC1. The van der Waals surface area contributed by atoms with Gasteiger partial charge in [-0.2, -0.15) is 0 Å². The van der Waals surface area contributed by atoms with E-state index in [9.17, 15) is 4.79 Å². The Kier molecular flexibility index (Phi) is 2.28. The molecule has 0 radical (unpaired) electrons. The Morgan fingerprint density at radius 1 is 1.23 bits per heavy atom. The van der Waals surface area contributed by atoms with Crippen molar-refractivity contribution < 1.29 is 9.53 Å². The zero-order valence-corrected chi connectivity index (χ0v) is 7.92. The van der Waals surface area contributed by atoms with E-state index in [4.69, 9.17) is 10.5 Å². The van der Waals surface area contributed by atoms with Crippen LogP contribution in [0, 0.1) is 11.3 Å². The van der Waals surface area contributed by atoms with Crippen LogP contribution in [0.15, 0.2) is 0 Å². The first-order valence-corrected chi connectivity index (χ1v) is 5.13. The van der Waals surface area contributed by atoms with E-state index in [0.29, 0.717) is 5.92 Å². The van der Waals surface area contributed by atoms with Crippen molar-refractivity contribution in [1.29, 1.82) is 0 Å². The molecule has 2 N–H and O–H groups in total. The van der Waals surface area contributed by atoms with Gasteiger partial charge in [-0.1, -0.05) is 19.3 Å². The number of rotatable bonds is 2. The fourth-order valence-electron chi connectivity index (χ4n) is 2.59. The van der Waals surface area contributed by atoms with Crippen molar-refractivity contribution in [2.45, 2.75) is 32.1 Å². The van der Waals surface area contributed by atoms with Crippen molar-refractivity contribution in [3.63, 3.8) is 0 Å². The highest BCUT2D eigenvalue weighted by atomic mass is 16.5. The first kappa shape index (κ1) is 9.00. The fraction of sp³-hybridized carbons (Fsp3) is 0.900. The van der Waals surface area contributed by atoms with Crippen molar-refractivity contribution in [3.05, 3.63) is 0 Å². The van der Waals surface area contributed by atoms with E-state index in [0.717, 1.165) is 38.9 Å². The number of primary amides is 1. The van der Waals surface area contributed by atoms with E-state index in [-0.39, 0.29) is 11.3 Å². The molecule has 74 valence electrons. The second-order valence-electron chi connectivity index (χ2n) is 4.32. The molecule has 2 rings (SSSR count). The standard InChI is InChI=1S/C10H17NO2/c11-9(12)10(8-6-13-7-8)4-2-1-3-5-10/h8H,1-7H2,(H2,11,12). The minimum atomic E-state index is -0.212. The molecule has 1 saturated carbocycles. The van der Waals surface area contributed by atoms with Gasteiger partial charge in [0.05, 0.1) is 18.6 Å². The predicted molar refractivity (Wildman–Crippen MR) is 49.0 cm³/mol. The molecule has 0 spiro atoms. The van der Waals surface area contributed by atoms with Gasteiger partial charge in [0.25, 0.3) is 0 Å². The average Bonchev–Trinajstić information content (AvgIpc) is 2.02. The largest absolute Gasteiger partial charge is 0.381 e. The third-order valence-corrected chi connectivity index (χ3v) is 3.66. The minimum Gasteiger partial charge on any atom is -0.381 e. The Labute approximate surface area is 78.6 Å². The van der Waals surface area contributed by atoms with Gasteiger partial charge in [0.1, 0.15) is 0 Å². The Morgan fingerprint density at radius 3 is 2.23 bits per heavy atom. The lowest BCUT2D eigenvalue weighted by molar-refractivity contribution is -0.152. The van der Waals surface area contributed by atoms with Gasteiger partial charge in [0.2, 0.25) is 5.91 Å². The summed E-state index contributed by atoms with van der Waals surface area (Å²) in [5.74, 6) is 0.311. The fourth-order valence-corrected chi connectivity index (χ4v) is 2.59. The Balaban J connectivity index is 2.12. The second-order valence-corrected chi connectivity index (χ2v) is 4.32. The summed E-state index contributed by atoms with van der Waals surface area (Å²) in [5, 5.41) is 0. The summed E-state index contributed by atoms with van der Waals surface area (Å²) in [6, 6.07) is 0. The number of nitrogens with two attached hydrogens (primary N) is 1. The quantitative estimate of drug-likeness (QED) is 0.696. The maximum atomic E-state index is 11.5. The highest BCUT2D eigenvalue weighted by Gasteiger charge is 2.47. The number of carbonyl (C=O) groups excluding carboxylic acids is 1. The molecule has 1 heterocycles. The number of hydrogen-bond acceptors (Lipinski definition) is 2. The average molecular weight is 183 g/mol. The van der Waals surface area contributed by atoms with Gasteiger partial charge in [0, 0.05) is 5.92 Å². The molecular weight excluding hydrogens is 166 g/mol. The van der Waals surface area contributed by atoms with Crippen LogP contribution in [0.4, 0.5) is 0 Å². The van der Waals surface area contributed by atoms with Crippen molar-refractivity contribution in [1.82, 2.24) is 0 Å². The van der Waals surface area contributed by atoms with E-state index in [1.165, 1.54) is 6.42 Å². The predicted octanol–water partition coefficient (Wildman–Crippen LogP) is 1.07. The molecule has 1 saturated heterocycles. The Morgan fingerprint density at radius 2 is 1.85 bits per heavy atom. The summed E-state index contributed by atoms with van der Waals surface area (Å²) in [5.41, 5.74) is 5.31. The smallest absolute Gasteiger partial charge is 0.224 e. The summed E-state index contributed by atoms with van der Waals surface area (Å²) in [6.07, 6.45) is 5.52. The van der Waals surface area contributed by atoms with Crippen LogP contribution < -0.4 is 5.73 Å². The van der Waals surface area contributed by atoms with Crippen molar-refractivity contribution in [2.24, 2.45) is 17.1 Å². The molecule has 3 heteroatoms. The van der Waals surface area contributed by atoms with Crippen molar-refractivity contribution in [3.8, 4) is 0 Å². The van der Waals surface area contributed by atoms with Crippen molar-refractivity contribution in [2.75, 3.05) is 13.2 Å². The van der Waals surface area contributed by atoms with Crippen LogP contribution in [-0.4, -0.2) is 19.1 Å². The van der Waals surface area contributed by atoms with Gasteiger partial charge in [0.15, 0.2) is 0 Å². The molecule has 0 unspecified atom stereocenters. The van der Waals surface area contributed by atoms with E-state index >= 15 is 0 Å². The third-order valence-electron chi connectivity index (χ3n) is 3.66. The molecule has 0 aromatic carbocycles. The summed E-state index contributed by atoms with van der Waals surface area (Å²) in [7, 11) is 0. The molecule has 3 nitrogen and oxygen atoms in total. The molecule has 1 aliphatic heterocycles. The monoisotopic (exact) mass is 183 g/mol. The zero-order chi connectivity index (χ0) is 9.31. The van der Waals surface area contributed by atoms with E-state index in [2.05, 4.69) is 0 Å². The van der Waals surface area contributed by atoms with Crippen LogP contribution in [0.3, 0.4) is 0 Å². The van der Waals surface area contributed by atoms with Crippen LogP contribution in [-0.2, 0) is 9.53 Å². The van der Waals surface area contributed by atoms with E-state index < -0.39 is 0 Å². The van der Waals surface area contributed by atoms with Gasteiger partial charge >= 0.3 is 0 Å². The first-order chi connectivity index (χ1) is 6.26. The summed E-state index contributed by atoms with van der Waals surface area (Å²) in [6.45, 7) is 1.48. The molecule has 2 fully saturated rings. The number of ether oxygens (including phenoxy) is 1. The molecule has 1 amide bonds. The summed E-state index contributed by atoms with van der Waals surface area (Å²) < 4.78 is 5.16. The van der Waals surface area contributed by atoms with Crippen LogP contribution in [0.25, 0.3) is 0 Å². The zero-order valence-electron chi connectivity index (χ0n) is 7.92. The minimum absolute atomic E-state index is 0.0968. The highest BCUT2D eigenvalue weighted by Crippen LogP contribution is 2.45. The topological polar surface area (TPSA) is 52.3 Å². The highest BCUT2D eigenvalue weighted by molar-refractivity contribution is 5.81. The Hall–Kier alpha value is -0.570. The summed E-state index contributed by atoms with van der Waals surface area (Å²) >= 11 is 0. The number of amides is 1. The molecule has 2 aliphatic rings. The van der Waals surface area contributed by atoms with Crippen LogP contribution in [0.5, 0.6) is 0 Å². The third kappa shape index (κ3) is 1.35. The first-order valence-electron chi connectivity index (χ1n) is 5.13. The lowest BCUT2D eigenvalue weighted by atomic mass is 9.64. The molecule has 0 aromatic rings. The molecule has 0 bridgehead atoms. The van der Waals surface area contributed by atoms with Gasteiger partial charge in [-0.15, -0.1) is 0 Å². The lowest BCUT2D eigenvalue weighted by Crippen LogP contribution is -2.52. The van der Waals surface area contributed by atoms with Gasteiger partial charge < -0.3 is 10.5 Å². The molecule has 0 atom stereocenters. The number of carbonyl (C=O) groups is 1.